The van der Waals surface area contributed by atoms with Crippen LogP contribution in [0.25, 0.3) is 0 Å². The molecule has 0 radical (unpaired) electrons. The topological polar surface area (TPSA) is 44.1 Å². The third kappa shape index (κ3) is 3.30. The van der Waals surface area contributed by atoms with E-state index in [0.717, 1.165) is 24.3 Å². The van der Waals surface area contributed by atoms with E-state index < -0.39 is 0 Å². The quantitative estimate of drug-likeness (QED) is 0.851. The lowest BCUT2D eigenvalue weighted by atomic mass is 10.1. The Morgan fingerprint density at radius 1 is 1.37 bits per heavy atom. The third-order valence-electron chi connectivity index (χ3n) is 3.31. The second-order valence-electron chi connectivity index (χ2n) is 5.01. The molecule has 2 rings (SSSR count). The SMILES string of the molecule is CC(C)N1CCCC(Sc2ccc(C#N)cc2)C1=O. The van der Waals surface area contributed by atoms with Crippen LogP contribution in [0.2, 0.25) is 0 Å². The fraction of sp³-hybridized carbons (Fsp3) is 0.467. The van der Waals surface area contributed by atoms with Crippen molar-refractivity contribution in [2.45, 2.75) is 42.9 Å². The van der Waals surface area contributed by atoms with Crippen LogP contribution in [-0.4, -0.2) is 28.6 Å². The normalized spacial score (nSPS) is 19.6. The van der Waals surface area contributed by atoms with Crippen molar-refractivity contribution in [3.8, 4) is 6.07 Å². The Labute approximate surface area is 118 Å². The lowest BCUT2D eigenvalue weighted by Crippen LogP contribution is -2.46. The molecule has 1 aliphatic heterocycles. The predicted octanol–water partition coefficient (Wildman–Crippen LogP) is 3.05. The minimum atomic E-state index is 0.0177. The van der Waals surface area contributed by atoms with E-state index in [2.05, 4.69) is 19.9 Å². The third-order valence-corrected chi connectivity index (χ3v) is 4.58. The van der Waals surface area contributed by atoms with E-state index in [9.17, 15) is 4.79 Å². The van der Waals surface area contributed by atoms with E-state index in [1.54, 1.807) is 23.9 Å². The first kappa shape index (κ1) is 14.0. The van der Waals surface area contributed by atoms with Crippen LogP contribution in [-0.2, 0) is 4.79 Å². The molecule has 1 amide bonds. The monoisotopic (exact) mass is 274 g/mol. The summed E-state index contributed by atoms with van der Waals surface area (Å²) in [5, 5.41) is 8.79. The van der Waals surface area contributed by atoms with Gasteiger partial charge in [-0.05, 0) is 51.0 Å². The number of piperidine rings is 1. The molecule has 1 fully saturated rings. The van der Waals surface area contributed by atoms with E-state index in [0.29, 0.717) is 5.56 Å². The molecule has 1 aromatic carbocycles. The second-order valence-corrected chi connectivity index (χ2v) is 6.29. The molecule has 1 saturated heterocycles. The minimum absolute atomic E-state index is 0.0177. The van der Waals surface area contributed by atoms with Crippen LogP contribution in [0.4, 0.5) is 0 Å². The Bertz CT molecular complexity index is 490. The lowest BCUT2D eigenvalue weighted by molar-refractivity contribution is -0.134. The second kappa shape index (κ2) is 6.12. The summed E-state index contributed by atoms with van der Waals surface area (Å²) in [6.45, 7) is 5.00. The van der Waals surface area contributed by atoms with E-state index in [4.69, 9.17) is 5.26 Å². The van der Waals surface area contributed by atoms with Gasteiger partial charge in [-0.1, -0.05) is 0 Å². The van der Waals surface area contributed by atoms with Crippen molar-refractivity contribution in [3.63, 3.8) is 0 Å². The first-order valence-corrected chi connectivity index (χ1v) is 7.47. The smallest absolute Gasteiger partial charge is 0.236 e. The van der Waals surface area contributed by atoms with Crippen molar-refractivity contribution >= 4 is 17.7 Å². The van der Waals surface area contributed by atoms with Crippen molar-refractivity contribution in [2.24, 2.45) is 0 Å². The first-order chi connectivity index (χ1) is 9.11. The van der Waals surface area contributed by atoms with Crippen LogP contribution in [0.15, 0.2) is 29.2 Å². The maximum atomic E-state index is 12.3. The largest absolute Gasteiger partial charge is 0.339 e. The molecule has 4 heteroatoms. The van der Waals surface area contributed by atoms with Gasteiger partial charge in [0.05, 0.1) is 16.9 Å². The lowest BCUT2D eigenvalue weighted by Gasteiger charge is -2.34. The zero-order valence-electron chi connectivity index (χ0n) is 11.3. The van der Waals surface area contributed by atoms with E-state index in [-0.39, 0.29) is 17.2 Å². The van der Waals surface area contributed by atoms with E-state index >= 15 is 0 Å². The van der Waals surface area contributed by atoms with Crippen LogP contribution in [0.5, 0.6) is 0 Å². The molecule has 0 aromatic heterocycles. The molecule has 1 aliphatic rings. The number of likely N-dealkylation sites (tertiary alicyclic amines) is 1. The molecule has 100 valence electrons. The highest BCUT2D eigenvalue weighted by molar-refractivity contribution is 8.00. The van der Waals surface area contributed by atoms with Gasteiger partial charge in [-0.3, -0.25) is 4.79 Å². The number of hydrogen-bond acceptors (Lipinski definition) is 3. The Balaban J connectivity index is 2.05. The molecule has 1 unspecified atom stereocenters. The summed E-state index contributed by atoms with van der Waals surface area (Å²) < 4.78 is 0. The van der Waals surface area contributed by atoms with Gasteiger partial charge in [-0.25, -0.2) is 0 Å². The summed E-state index contributed by atoms with van der Waals surface area (Å²) in [6, 6.07) is 9.82. The molecule has 0 saturated carbocycles. The molecule has 3 nitrogen and oxygen atoms in total. The van der Waals surface area contributed by atoms with Crippen LogP contribution in [0.1, 0.15) is 32.3 Å². The molecule has 0 spiro atoms. The number of benzene rings is 1. The number of carbonyl (C=O) groups is 1. The molecule has 1 atom stereocenters. The zero-order chi connectivity index (χ0) is 13.8. The van der Waals surface area contributed by atoms with Crippen molar-refractivity contribution in [1.29, 1.82) is 5.26 Å². The average Bonchev–Trinajstić information content (AvgIpc) is 2.41. The van der Waals surface area contributed by atoms with Crippen LogP contribution >= 0.6 is 11.8 Å². The van der Waals surface area contributed by atoms with E-state index in [1.807, 2.05) is 17.0 Å². The summed E-state index contributed by atoms with van der Waals surface area (Å²) in [6.07, 6.45) is 2.00. The zero-order valence-corrected chi connectivity index (χ0v) is 12.1. The summed E-state index contributed by atoms with van der Waals surface area (Å²) in [7, 11) is 0. The maximum Gasteiger partial charge on any atom is 0.236 e. The number of hydrogen-bond donors (Lipinski definition) is 0. The molecule has 1 heterocycles. The van der Waals surface area contributed by atoms with Gasteiger partial charge in [0, 0.05) is 17.5 Å². The van der Waals surface area contributed by atoms with Gasteiger partial charge in [0.25, 0.3) is 0 Å². The van der Waals surface area contributed by atoms with Gasteiger partial charge in [0.1, 0.15) is 0 Å². The molecule has 19 heavy (non-hydrogen) atoms. The van der Waals surface area contributed by atoms with Crippen LogP contribution in [0.3, 0.4) is 0 Å². The van der Waals surface area contributed by atoms with Crippen molar-refractivity contribution in [2.75, 3.05) is 6.54 Å². The number of thioether (sulfide) groups is 1. The van der Waals surface area contributed by atoms with Gasteiger partial charge in [0.15, 0.2) is 0 Å². The summed E-state index contributed by atoms with van der Waals surface area (Å²) in [5.74, 6) is 0.246. The first-order valence-electron chi connectivity index (χ1n) is 6.59. The number of carbonyl (C=O) groups excluding carboxylic acids is 1. The Morgan fingerprint density at radius 2 is 2.05 bits per heavy atom. The highest BCUT2D eigenvalue weighted by Gasteiger charge is 2.30. The van der Waals surface area contributed by atoms with Gasteiger partial charge >= 0.3 is 0 Å². The summed E-state index contributed by atoms with van der Waals surface area (Å²) in [5.41, 5.74) is 0.656. The van der Waals surface area contributed by atoms with Crippen LogP contribution in [0, 0.1) is 11.3 Å². The molecule has 0 bridgehead atoms. The number of amides is 1. The van der Waals surface area contributed by atoms with Gasteiger partial charge in [0.2, 0.25) is 5.91 Å². The molecule has 0 aliphatic carbocycles. The van der Waals surface area contributed by atoms with Gasteiger partial charge < -0.3 is 4.90 Å². The van der Waals surface area contributed by atoms with Crippen molar-refractivity contribution < 1.29 is 4.79 Å². The van der Waals surface area contributed by atoms with Gasteiger partial charge in [-0.15, -0.1) is 11.8 Å². The summed E-state index contributed by atoms with van der Waals surface area (Å²) in [4.78, 5) is 15.4. The van der Waals surface area contributed by atoms with Gasteiger partial charge in [-0.2, -0.15) is 5.26 Å². The van der Waals surface area contributed by atoms with Crippen molar-refractivity contribution in [3.05, 3.63) is 29.8 Å². The number of nitriles is 1. The van der Waals surface area contributed by atoms with Crippen LogP contribution < -0.4 is 0 Å². The standard InChI is InChI=1S/C15H18N2OS/c1-11(2)17-9-3-4-14(15(17)18)19-13-7-5-12(10-16)6-8-13/h5-8,11,14H,3-4,9H2,1-2H3. The summed E-state index contributed by atoms with van der Waals surface area (Å²) >= 11 is 1.61. The number of rotatable bonds is 3. The minimum Gasteiger partial charge on any atom is -0.339 e. The maximum absolute atomic E-state index is 12.3. The highest BCUT2D eigenvalue weighted by atomic mass is 32.2. The Morgan fingerprint density at radius 3 is 2.63 bits per heavy atom. The molecular formula is C15H18N2OS. The van der Waals surface area contributed by atoms with E-state index in [1.165, 1.54) is 0 Å². The number of nitrogens with zero attached hydrogens (tertiary/aromatic N) is 2. The fourth-order valence-corrected chi connectivity index (χ4v) is 3.40. The molecular weight excluding hydrogens is 256 g/mol. The predicted molar refractivity (Wildman–Crippen MR) is 76.9 cm³/mol. The fourth-order valence-electron chi connectivity index (χ4n) is 2.26. The Kier molecular flexibility index (Phi) is 4.49. The highest BCUT2D eigenvalue weighted by Crippen LogP contribution is 2.31. The van der Waals surface area contributed by atoms with Crippen molar-refractivity contribution in [1.82, 2.24) is 4.90 Å². The Hall–Kier alpha value is -1.47. The average molecular weight is 274 g/mol. The molecule has 1 aromatic rings. The molecule has 0 N–H and O–H groups in total.